The summed E-state index contributed by atoms with van der Waals surface area (Å²) in [6.07, 6.45) is 0. The number of likely N-dealkylation sites (N-methyl/N-ethyl adjacent to an activating group) is 1. The first kappa shape index (κ1) is 31.9. The minimum atomic E-state index is -0.888. The Morgan fingerprint density at radius 2 is 1.60 bits per heavy atom. The monoisotopic (exact) mass is 595 g/mol. The topological polar surface area (TPSA) is 170 Å². The van der Waals surface area contributed by atoms with Crippen molar-refractivity contribution in [3.05, 3.63) is 69.8 Å². The summed E-state index contributed by atoms with van der Waals surface area (Å²) in [5, 5.41) is 48.3. The summed E-state index contributed by atoms with van der Waals surface area (Å²) < 4.78 is 15.6. The van der Waals surface area contributed by atoms with Crippen LogP contribution in [0.25, 0.3) is 22.3 Å². The molecule has 0 bridgehead atoms. The van der Waals surface area contributed by atoms with Gasteiger partial charge in [-0.3, -0.25) is 4.79 Å². The SMILES string of the molecule is CN(C)CCOC(=O)COc1ccc(Cl)cc1.Cl.O=c1c(O)c(-c2ccc(O)c(O)c2)oc2cc(O)cc(O)c12. The number of halogens is 2. The number of fused-ring (bicyclic) bond motifs is 1. The lowest BCUT2D eigenvalue weighted by Gasteiger charge is -2.10. The van der Waals surface area contributed by atoms with Gasteiger partial charge in [-0.05, 0) is 56.6 Å². The van der Waals surface area contributed by atoms with E-state index in [0.29, 0.717) is 23.9 Å². The molecule has 4 aromatic rings. The number of ether oxygens (including phenoxy) is 2. The molecule has 0 saturated heterocycles. The quantitative estimate of drug-likeness (QED) is 0.153. The fourth-order valence-corrected chi connectivity index (χ4v) is 3.32. The lowest BCUT2D eigenvalue weighted by atomic mass is 10.1. The molecule has 0 saturated carbocycles. The Hall–Kier alpha value is -4.32. The van der Waals surface area contributed by atoms with Crippen LogP contribution in [0.15, 0.2) is 63.8 Å². The summed E-state index contributed by atoms with van der Waals surface area (Å²) in [4.78, 5) is 25.4. The molecule has 0 amide bonds. The van der Waals surface area contributed by atoms with E-state index in [1.165, 1.54) is 6.07 Å². The van der Waals surface area contributed by atoms with Gasteiger partial charge in [-0.2, -0.15) is 0 Å². The molecule has 0 aliphatic heterocycles. The molecule has 0 spiro atoms. The summed E-state index contributed by atoms with van der Waals surface area (Å²) in [6, 6.07) is 12.5. The first-order valence-corrected chi connectivity index (χ1v) is 11.8. The Morgan fingerprint density at radius 1 is 0.925 bits per heavy atom. The van der Waals surface area contributed by atoms with Crippen LogP contribution in [0.1, 0.15) is 0 Å². The maximum absolute atomic E-state index is 12.1. The standard InChI is InChI=1S/C15H10O7.C12H16ClNO3.ClH/c16-7-4-10(19)12-11(5-7)22-15(14(21)13(12)20)6-1-2-8(17)9(18)3-6;1-14(2)7-8-16-12(15)9-17-11-5-3-10(13)4-6-11;/h1-5,16-19,21H;3-6H,7-9H2,1-2H3;1H. The second-order valence-electron chi connectivity index (χ2n) is 8.42. The molecule has 1 heterocycles. The number of rotatable bonds is 7. The van der Waals surface area contributed by atoms with Crippen LogP contribution in [0.3, 0.4) is 0 Å². The van der Waals surface area contributed by atoms with E-state index >= 15 is 0 Å². The number of phenolic OH excluding ortho intramolecular Hbond substituents is 4. The number of hydrogen-bond donors (Lipinski definition) is 5. The highest BCUT2D eigenvalue weighted by molar-refractivity contribution is 6.30. The highest BCUT2D eigenvalue weighted by Crippen LogP contribution is 2.37. The van der Waals surface area contributed by atoms with Crippen LogP contribution in [0.4, 0.5) is 0 Å². The fraction of sp³-hybridized carbons (Fsp3) is 0.185. The number of nitrogens with zero attached hydrogens (tertiary/aromatic N) is 1. The van der Waals surface area contributed by atoms with Crippen molar-refractivity contribution in [2.75, 3.05) is 33.9 Å². The number of benzene rings is 3. The maximum atomic E-state index is 12.1. The van der Waals surface area contributed by atoms with Crippen molar-refractivity contribution in [2.45, 2.75) is 0 Å². The number of aromatic hydroxyl groups is 5. The Bertz CT molecular complexity index is 1520. The van der Waals surface area contributed by atoms with Crippen LogP contribution >= 0.6 is 24.0 Å². The second-order valence-corrected chi connectivity index (χ2v) is 8.85. The van der Waals surface area contributed by atoms with E-state index in [9.17, 15) is 35.1 Å². The zero-order chi connectivity index (χ0) is 28.7. The van der Waals surface area contributed by atoms with Gasteiger partial charge in [0.1, 0.15) is 34.8 Å². The van der Waals surface area contributed by atoms with Crippen molar-refractivity contribution in [3.63, 3.8) is 0 Å². The van der Waals surface area contributed by atoms with Gasteiger partial charge < -0.3 is 44.3 Å². The van der Waals surface area contributed by atoms with E-state index in [-0.39, 0.29) is 58.8 Å². The molecule has 5 N–H and O–H groups in total. The van der Waals surface area contributed by atoms with Gasteiger partial charge in [-0.25, -0.2) is 4.79 Å². The number of hydrogen-bond acceptors (Lipinski definition) is 11. The first-order valence-electron chi connectivity index (χ1n) is 11.4. The minimum absolute atomic E-state index is 0. The summed E-state index contributed by atoms with van der Waals surface area (Å²) in [5.41, 5.74) is -0.890. The molecule has 0 atom stereocenters. The first-order chi connectivity index (χ1) is 18.5. The molecule has 1 aromatic heterocycles. The van der Waals surface area contributed by atoms with Crippen LogP contribution < -0.4 is 10.2 Å². The zero-order valence-corrected chi connectivity index (χ0v) is 22.9. The van der Waals surface area contributed by atoms with Gasteiger partial charge in [0.2, 0.25) is 11.2 Å². The van der Waals surface area contributed by atoms with E-state index in [0.717, 1.165) is 24.3 Å². The van der Waals surface area contributed by atoms with Crippen molar-refractivity contribution < 1.29 is 44.2 Å². The van der Waals surface area contributed by atoms with E-state index in [2.05, 4.69) is 0 Å². The van der Waals surface area contributed by atoms with Gasteiger partial charge in [0.15, 0.2) is 23.9 Å². The number of esters is 1. The zero-order valence-electron chi connectivity index (χ0n) is 21.3. The fourth-order valence-electron chi connectivity index (χ4n) is 3.19. The van der Waals surface area contributed by atoms with Crippen molar-refractivity contribution in [2.24, 2.45) is 0 Å². The average molecular weight is 596 g/mol. The predicted octanol–water partition coefficient (Wildman–Crippen LogP) is 4.23. The van der Waals surface area contributed by atoms with Crippen LogP contribution in [0, 0.1) is 0 Å². The van der Waals surface area contributed by atoms with E-state index in [4.69, 9.17) is 25.5 Å². The minimum Gasteiger partial charge on any atom is -0.508 e. The summed E-state index contributed by atoms with van der Waals surface area (Å²) in [5.74, 6) is -2.49. The molecule has 11 nitrogen and oxygen atoms in total. The number of carbonyl (C=O) groups excluding carboxylic acids is 1. The smallest absolute Gasteiger partial charge is 0.344 e. The van der Waals surface area contributed by atoms with Crippen LogP contribution in [0.2, 0.25) is 5.02 Å². The van der Waals surface area contributed by atoms with Crippen LogP contribution in [0.5, 0.6) is 34.5 Å². The summed E-state index contributed by atoms with van der Waals surface area (Å²) in [6.45, 7) is 0.984. The highest BCUT2D eigenvalue weighted by Gasteiger charge is 2.19. The normalized spacial score (nSPS) is 10.4. The lowest BCUT2D eigenvalue weighted by molar-refractivity contribution is -0.146. The highest BCUT2D eigenvalue weighted by atomic mass is 35.5. The maximum Gasteiger partial charge on any atom is 0.344 e. The van der Waals surface area contributed by atoms with Gasteiger partial charge in [-0.1, -0.05) is 11.6 Å². The summed E-state index contributed by atoms with van der Waals surface area (Å²) >= 11 is 5.72. The molecule has 0 radical (unpaired) electrons. The van der Waals surface area contributed by atoms with E-state index in [1.54, 1.807) is 24.3 Å². The Morgan fingerprint density at radius 3 is 2.23 bits per heavy atom. The molecule has 3 aromatic carbocycles. The Balaban J connectivity index is 0.000000283. The van der Waals surface area contributed by atoms with Gasteiger partial charge >= 0.3 is 5.97 Å². The Labute approximate surface area is 239 Å². The molecule has 0 aliphatic carbocycles. The molecule has 0 aliphatic rings. The predicted molar refractivity (Wildman–Crippen MR) is 150 cm³/mol. The molecule has 0 unspecified atom stereocenters. The molecule has 4 rings (SSSR count). The lowest BCUT2D eigenvalue weighted by Crippen LogP contribution is -2.22. The summed E-state index contributed by atoms with van der Waals surface area (Å²) in [7, 11) is 3.83. The molecule has 0 fully saturated rings. The van der Waals surface area contributed by atoms with Crippen molar-refractivity contribution in [3.8, 4) is 45.8 Å². The van der Waals surface area contributed by atoms with E-state index < -0.39 is 22.7 Å². The molecular weight excluding hydrogens is 569 g/mol. The van der Waals surface area contributed by atoms with Crippen molar-refractivity contribution >= 4 is 40.9 Å². The van der Waals surface area contributed by atoms with Crippen molar-refractivity contribution in [1.29, 1.82) is 0 Å². The Kier molecular flexibility index (Phi) is 11.3. The molecular formula is C27H27Cl2NO10. The molecule has 13 heteroatoms. The van der Waals surface area contributed by atoms with Crippen molar-refractivity contribution in [1.82, 2.24) is 4.90 Å². The van der Waals surface area contributed by atoms with Gasteiger partial charge in [0, 0.05) is 29.3 Å². The average Bonchev–Trinajstić information content (AvgIpc) is 2.87. The van der Waals surface area contributed by atoms with Gasteiger partial charge in [0.05, 0.1) is 0 Å². The van der Waals surface area contributed by atoms with E-state index in [1.807, 2.05) is 19.0 Å². The van der Waals surface area contributed by atoms with Gasteiger partial charge in [-0.15, -0.1) is 12.4 Å². The largest absolute Gasteiger partial charge is 0.508 e. The third-order valence-corrected chi connectivity index (χ3v) is 5.40. The third-order valence-electron chi connectivity index (χ3n) is 5.14. The van der Waals surface area contributed by atoms with Crippen LogP contribution in [-0.4, -0.2) is 70.3 Å². The third kappa shape index (κ3) is 8.34. The van der Waals surface area contributed by atoms with Gasteiger partial charge in [0.25, 0.3) is 0 Å². The second kappa shape index (κ2) is 14.2. The van der Waals surface area contributed by atoms with Crippen LogP contribution in [-0.2, 0) is 9.53 Å². The molecule has 40 heavy (non-hydrogen) atoms. The number of carbonyl (C=O) groups is 1. The molecule has 214 valence electrons. The number of phenols is 4.